The number of carbonyl (C=O) groups is 1. The highest BCUT2D eigenvalue weighted by atomic mass is 16.2. The molecule has 1 aromatic heterocycles. The molecule has 0 radical (unpaired) electrons. The van der Waals surface area contributed by atoms with Gasteiger partial charge >= 0.3 is 6.03 Å². The molecule has 1 N–H and O–H groups in total. The van der Waals surface area contributed by atoms with Crippen LogP contribution in [0.3, 0.4) is 0 Å². The third kappa shape index (κ3) is 4.31. The second-order valence-electron chi connectivity index (χ2n) is 6.55. The Balaban J connectivity index is 2.05. The molecule has 1 atom stereocenters. The maximum Gasteiger partial charge on any atom is 0.317 e. The fourth-order valence-electron chi connectivity index (χ4n) is 2.85. The van der Waals surface area contributed by atoms with Crippen LogP contribution in [0, 0.1) is 0 Å². The van der Waals surface area contributed by atoms with Crippen LogP contribution in [-0.4, -0.2) is 34.0 Å². The summed E-state index contributed by atoms with van der Waals surface area (Å²) < 4.78 is 0. The molecule has 0 saturated carbocycles. The first-order chi connectivity index (χ1) is 11.4. The maximum absolute atomic E-state index is 12.6. The number of nitrogens with one attached hydrogen (secondary N) is 1. The molecule has 0 spiro atoms. The van der Waals surface area contributed by atoms with Crippen molar-refractivity contribution in [2.75, 3.05) is 7.05 Å². The van der Waals surface area contributed by atoms with Crippen LogP contribution >= 0.6 is 0 Å². The number of aromatic nitrogens is 2. The molecule has 24 heavy (non-hydrogen) atoms. The molecular weight excluding hydrogens is 300 g/mol. The van der Waals surface area contributed by atoms with E-state index >= 15 is 0 Å². The Morgan fingerprint density at radius 2 is 1.96 bits per heavy atom. The smallest absolute Gasteiger partial charge is 0.317 e. The molecule has 0 aliphatic carbocycles. The minimum Gasteiger partial charge on any atom is -0.334 e. The molecule has 0 bridgehead atoms. The fourth-order valence-corrected chi connectivity index (χ4v) is 2.85. The van der Waals surface area contributed by atoms with Crippen LogP contribution in [0.15, 0.2) is 48.9 Å². The minimum absolute atomic E-state index is 0.0386. The largest absolute Gasteiger partial charge is 0.334 e. The topological polar surface area (TPSA) is 58.1 Å². The van der Waals surface area contributed by atoms with Gasteiger partial charge in [0, 0.05) is 30.9 Å². The standard InChI is InChI=1S/C19H26N4O/c1-5-17(19(2,3)15-9-7-6-8-10-15)22-18(24)23(4)14-16-13-20-11-12-21-16/h6-13,17H,5,14H2,1-4H3,(H,22,24). The summed E-state index contributed by atoms with van der Waals surface area (Å²) in [6.45, 7) is 6.86. The molecule has 2 amide bonds. The van der Waals surface area contributed by atoms with Crippen LogP contribution < -0.4 is 5.32 Å². The van der Waals surface area contributed by atoms with E-state index in [-0.39, 0.29) is 17.5 Å². The van der Waals surface area contributed by atoms with Crippen LogP contribution in [-0.2, 0) is 12.0 Å². The van der Waals surface area contributed by atoms with Crippen molar-refractivity contribution in [3.8, 4) is 0 Å². The van der Waals surface area contributed by atoms with E-state index in [2.05, 4.69) is 48.2 Å². The van der Waals surface area contributed by atoms with E-state index in [4.69, 9.17) is 0 Å². The number of amides is 2. The van der Waals surface area contributed by atoms with E-state index in [1.54, 1.807) is 30.5 Å². The zero-order valence-corrected chi connectivity index (χ0v) is 14.9. The average Bonchev–Trinajstić information content (AvgIpc) is 2.60. The van der Waals surface area contributed by atoms with Crippen molar-refractivity contribution in [1.29, 1.82) is 0 Å². The summed E-state index contributed by atoms with van der Waals surface area (Å²) >= 11 is 0. The van der Waals surface area contributed by atoms with Crippen molar-refractivity contribution in [2.45, 2.75) is 45.2 Å². The lowest BCUT2D eigenvalue weighted by Gasteiger charge is -2.36. The highest BCUT2D eigenvalue weighted by molar-refractivity contribution is 5.74. The summed E-state index contributed by atoms with van der Waals surface area (Å²) in [4.78, 5) is 22.4. The van der Waals surface area contributed by atoms with E-state index in [1.165, 1.54) is 5.56 Å². The highest BCUT2D eigenvalue weighted by Gasteiger charge is 2.31. The van der Waals surface area contributed by atoms with E-state index < -0.39 is 0 Å². The molecule has 1 unspecified atom stereocenters. The van der Waals surface area contributed by atoms with Gasteiger partial charge in [0.1, 0.15) is 0 Å². The molecular formula is C19H26N4O. The van der Waals surface area contributed by atoms with Gasteiger partial charge in [0.25, 0.3) is 0 Å². The van der Waals surface area contributed by atoms with Gasteiger partial charge in [-0.15, -0.1) is 0 Å². The third-order valence-corrected chi connectivity index (χ3v) is 4.46. The lowest BCUT2D eigenvalue weighted by atomic mass is 9.76. The SMILES string of the molecule is CCC(NC(=O)N(C)Cc1cnccn1)C(C)(C)c1ccccc1. The predicted molar refractivity (Wildman–Crippen MR) is 95.6 cm³/mol. The Morgan fingerprint density at radius 1 is 1.25 bits per heavy atom. The second kappa shape index (κ2) is 7.90. The first-order valence-electron chi connectivity index (χ1n) is 8.27. The molecule has 0 fully saturated rings. The monoisotopic (exact) mass is 326 g/mol. The van der Waals surface area contributed by atoms with Crippen molar-refractivity contribution in [2.24, 2.45) is 0 Å². The first kappa shape index (κ1) is 17.9. The van der Waals surface area contributed by atoms with E-state index in [0.29, 0.717) is 6.54 Å². The second-order valence-corrected chi connectivity index (χ2v) is 6.55. The number of hydrogen-bond donors (Lipinski definition) is 1. The molecule has 2 rings (SSSR count). The summed E-state index contributed by atoms with van der Waals surface area (Å²) in [5, 5.41) is 3.16. The zero-order chi connectivity index (χ0) is 17.6. The molecule has 5 heteroatoms. The number of nitrogens with zero attached hydrogens (tertiary/aromatic N) is 3. The summed E-state index contributed by atoms with van der Waals surface area (Å²) in [6, 6.07) is 10.2. The molecule has 1 aromatic carbocycles. The van der Waals surface area contributed by atoms with Crippen LogP contribution in [0.5, 0.6) is 0 Å². The molecule has 128 valence electrons. The molecule has 0 saturated heterocycles. The predicted octanol–water partition coefficient (Wildman–Crippen LogP) is 3.37. The van der Waals surface area contributed by atoms with Gasteiger partial charge in [0.05, 0.1) is 18.4 Å². The Kier molecular flexibility index (Phi) is 5.90. The lowest BCUT2D eigenvalue weighted by Crippen LogP contribution is -2.50. The number of benzene rings is 1. The van der Waals surface area contributed by atoms with Crippen LogP contribution in [0.4, 0.5) is 4.79 Å². The summed E-state index contributed by atoms with van der Waals surface area (Å²) in [6.07, 6.45) is 5.79. The van der Waals surface area contributed by atoms with E-state index in [9.17, 15) is 4.79 Å². The molecule has 1 heterocycles. The summed E-state index contributed by atoms with van der Waals surface area (Å²) in [5.74, 6) is 0. The third-order valence-electron chi connectivity index (χ3n) is 4.46. The summed E-state index contributed by atoms with van der Waals surface area (Å²) in [7, 11) is 1.77. The van der Waals surface area contributed by atoms with Gasteiger partial charge in [-0.3, -0.25) is 9.97 Å². The first-order valence-corrected chi connectivity index (χ1v) is 8.27. The number of hydrogen-bond acceptors (Lipinski definition) is 3. The number of urea groups is 1. The van der Waals surface area contributed by atoms with Gasteiger partial charge in [-0.2, -0.15) is 0 Å². The maximum atomic E-state index is 12.6. The Labute approximate surface area is 144 Å². The Hall–Kier alpha value is -2.43. The van der Waals surface area contributed by atoms with Gasteiger partial charge in [-0.25, -0.2) is 4.79 Å². The normalized spacial score (nSPS) is 12.5. The van der Waals surface area contributed by atoms with Crippen molar-refractivity contribution in [3.05, 3.63) is 60.2 Å². The molecule has 0 aliphatic heterocycles. The summed E-state index contributed by atoms with van der Waals surface area (Å²) in [5.41, 5.74) is 1.83. The van der Waals surface area contributed by atoms with Crippen LogP contribution in [0.2, 0.25) is 0 Å². The fraction of sp³-hybridized carbons (Fsp3) is 0.421. The van der Waals surface area contributed by atoms with Gasteiger partial charge in [0.15, 0.2) is 0 Å². The van der Waals surface area contributed by atoms with Gasteiger partial charge < -0.3 is 10.2 Å². The lowest BCUT2D eigenvalue weighted by molar-refractivity contribution is 0.194. The molecule has 2 aromatic rings. The van der Waals surface area contributed by atoms with Gasteiger partial charge in [0.2, 0.25) is 0 Å². The number of rotatable bonds is 6. The average molecular weight is 326 g/mol. The Morgan fingerprint density at radius 3 is 2.54 bits per heavy atom. The van der Waals surface area contributed by atoms with E-state index in [0.717, 1.165) is 12.1 Å². The molecule has 5 nitrogen and oxygen atoms in total. The minimum atomic E-state index is -0.154. The quantitative estimate of drug-likeness (QED) is 0.885. The van der Waals surface area contributed by atoms with Crippen molar-refractivity contribution in [3.63, 3.8) is 0 Å². The van der Waals surface area contributed by atoms with Gasteiger partial charge in [-0.05, 0) is 12.0 Å². The zero-order valence-electron chi connectivity index (χ0n) is 14.9. The van der Waals surface area contributed by atoms with Crippen LogP contribution in [0.1, 0.15) is 38.4 Å². The van der Waals surface area contributed by atoms with Gasteiger partial charge in [-0.1, -0.05) is 51.1 Å². The van der Waals surface area contributed by atoms with Crippen molar-refractivity contribution < 1.29 is 4.79 Å². The Bertz CT molecular complexity index is 643. The number of carbonyl (C=O) groups excluding carboxylic acids is 1. The highest BCUT2D eigenvalue weighted by Crippen LogP contribution is 2.28. The van der Waals surface area contributed by atoms with Crippen LogP contribution in [0.25, 0.3) is 0 Å². The van der Waals surface area contributed by atoms with Crippen molar-refractivity contribution in [1.82, 2.24) is 20.2 Å². The van der Waals surface area contributed by atoms with E-state index in [1.807, 2.05) is 18.2 Å². The molecule has 0 aliphatic rings. The van der Waals surface area contributed by atoms with Crippen molar-refractivity contribution >= 4 is 6.03 Å².